The van der Waals surface area contributed by atoms with Crippen molar-refractivity contribution >= 4 is 5.69 Å². The molecule has 1 heterocycles. The Morgan fingerprint density at radius 1 is 1.50 bits per heavy atom. The first kappa shape index (κ1) is 12.9. The van der Waals surface area contributed by atoms with Gasteiger partial charge in [-0.3, -0.25) is 0 Å². The van der Waals surface area contributed by atoms with Gasteiger partial charge in [-0.1, -0.05) is 0 Å². The third-order valence-electron chi connectivity index (χ3n) is 3.71. The molecule has 1 aromatic carbocycles. The van der Waals surface area contributed by atoms with E-state index >= 15 is 0 Å². The molecule has 0 spiro atoms. The Kier molecular flexibility index (Phi) is 4.22. The Morgan fingerprint density at radius 2 is 2.33 bits per heavy atom. The second kappa shape index (κ2) is 5.88. The molecule has 0 radical (unpaired) electrons. The van der Waals surface area contributed by atoms with Gasteiger partial charge in [0.15, 0.2) is 0 Å². The van der Waals surface area contributed by atoms with E-state index in [1.807, 2.05) is 20.0 Å². The van der Waals surface area contributed by atoms with Crippen LogP contribution in [0.3, 0.4) is 0 Å². The lowest BCUT2D eigenvalue weighted by molar-refractivity contribution is 0.403. The maximum Gasteiger partial charge on any atom is 0.0994 e. The summed E-state index contributed by atoms with van der Waals surface area (Å²) in [6, 6.07) is 8.38. The summed E-state index contributed by atoms with van der Waals surface area (Å²) in [5.74, 6) is 0.736. The van der Waals surface area contributed by atoms with Crippen molar-refractivity contribution in [2.45, 2.75) is 19.8 Å². The van der Waals surface area contributed by atoms with Crippen LogP contribution in [0.1, 0.15) is 24.0 Å². The zero-order chi connectivity index (χ0) is 13.0. The Morgan fingerprint density at radius 3 is 3.00 bits per heavy atom. The molecule has 0 bridgehead atoms. The molecule has 1 fully saturated rings. The molecule has 18 heavy (non-hydrogen) atoms. The highest BCUT2D eigenvalue weighted by molar-refractivity contribution is 5.53. The zero-order valence-electron chi connectivity index (χ0n) is 11.2. The predicted octanol–water partition coefficient (Wildman–Crippen LogP) is 2.30. The SMILES string of the molecule is CNCC1CCCN(c2ccc(C#N)c(C)c2)C1. The highest BCUT2D eigenvalue weighted by atomic mass is 15.1. The number of nitrogens with zero attached hydrogens (tertiary/aromatic N) is 2. The number of hydrogen-bond acceptors (Lipinski definition) is 3. The van der Waals surface area contributed by atoms with Gasteiger partial charge in [-0.05, 0) is 63.0 Å². The first-order valence-corrected chi connectivity index (χ1v) is 6.65. The molecule has 3 nitrogen and oxygen atoms in total. The van der Waals surface area contributed by atoms with Crippen molar-refractivity contribution in [1.29, 1.82) is 5.26 Å². The van der Waals surface area contributed by atoms with Crippen LogP contribution < -0.4 is 10.2 Å². The summed E-state index contributed by atoms with van der Waals surface area (Å²) in [5.41, 5.74) is 3.11. The monoisotopic (exact) mass is 243 g/mol. The molecule has 1 unspecified atom stereocenters. The minimum absolute atomic E-state index is 0.736. The molecule has 1 N–H and O–H groups in total. The summed E-state index contributed by atoms with van der Waals surface area (Å²) >= 11 is 0. The fourth-order valence-corrected chi connectivity index (χ4v) is 2.72. The average molecular weight is 243 g/mol. The molecule has 1 aromatic rings. The van der Waals surface area contributed by atoms with Gasteiger partial charge >= 0.3 is 0 Å². The van der Waals surface area contributed by atoms with Crippen LogP contribution in [0.25, 0.3) is 0 Å². The molecule has 0 aliphatic carbocycles. The van der Waals surface area contributed by atoms with Crippen molar-refractivity contribution in [1.82, 2.24) is 5.32 Å². The van der Waals surface area contributed by atoms with Crippen molar-refractivity contribution < 1.29 is 0 Å². The second-order valence-corrected chi connectivity index (χ2v) is 5.12. The lowest BCUT2D eigenvalue weighted by Gasteiger charge is -2.34. The van der Waals surface area contributed by atoms with Crippen LogP contribution in [0.4, 0.5) is 5.69 Å². The summed E-state index contributed by atoms with van der Waals surface area (Å²) < 4.78 is 0. The molecule has 1 atom stereocenters. The minimum Gasteiger partial charge on any atom is -0.371 e. The molecule has 1 aliphatic rings. The number of anilines is 1. The van der Waals surface area contributed by atoms with E-state index in [0.717, 1.165) is 36.7 Å². The summed E-state index contributed by atoms with van der Waals surface area (Å²) in [7, 11) is 2.02. The molecule has 96 valence electrons. The summed E-state index contributed by atoms with van der Waals surface area (Å²) in [4.78, 5) is 2.44. The lowest BCUT2D eigenvalue weighted by Crippen LogP contribution is -2.39. The highest BCUT2D eigenvalue weighted by Gasteiger charge is 2.19. The van der Waals surface area contributed by atoms with Gasteiger partial charge in [-0.25, -0.2) is 0 Å². The molecular formula is C15H21N3. The van der Waals surface area contributed by atoms with Crippen LogP contribution >= 0.6 is 0 Å². The van der Waals surface area contributed by atoms with Crippen LogP contribution in [-0.2, 0) is 0 Å². The molecule has 2 rings (SSSR count). The second-order valence-electron chi connectivity index (χ2n) is 5.12. The number of piperidine rings is 1. The summed E-state index contributed by atoms with van der Waals surface area (Å²) in [5, 5.41) is 12.2. The van der Waals surface area contributed by atoms with E-state index in [1.54, 1.807) is 0 Å². The van der Waals surface area contributed by atoms with Crippen LogP contribution in [-0.4, -0.2) is 26.7 Å². The van der Waals surface area contributed by atoms with Gasteiger partial charge in [0.25, 0.3) is 0 Å². The van der Waals surface area contributed by atoms with Gasteiger partial charge in [-0.15, -0.1) is 0 Å². The van der Waals surface area contributed by atoms with E-state index in [1.165, 1.54) is 18.5 Å². The van der Waals surface area contributed by atoms with Crippen molar-refractivity contribution in [2.75, 3.05) is 31.6 Å². The van der Waals surface area contributed by atoms with Crippen molar-refractivity contribution in [3.63, 3.8) is 0 Å². The third-order valence-corrected chi connectivity index (χ3v) is 3.71. The van der Waals surface area contributed by atoms with E-state index in [4.69, 9.17) is 5.26 Å². The Balaban J connectivity index is 2.11. The summed E-state index contributed by atoms with van der Waals surface area (Å²) in [6.07, 6.45) is 2.57. The van der Waals surface area contributed by atoms with E-state index in [-0.39, 0.29) is 0 Å². The van der Waals surface area contributed by atoms with Crippen LogP contribution in [0.15, 0.2) is 18.2 Å². The van der Waals surface area contributed by atoms with Gasteiger partial charge in [0.1, 0.15) is 0 Å². The number of benzene rings is 1. The molecule has 0 amide bonds. The van der Waals surface area contributed by atoms with E-state index in [0.29, 0.717) is 0 Å². The van der Waals surface area contributed by atoms with Gasteiger partial charge in [0.05, 0.1) is 11.6 Å². The van der Waals surface area contributed by atoms with E-state index in [9.17, 15) is 0 Å². The maximum atomic E-state index is 8.96. The zero-order valence-corrected chi connectivity index (χ0v) is 11.2. The molecule has 0 saturated carbocycles. The molecule has 0 aromatic heterocycles. The molecule has 1 saturated heterocycles. The first-order chi connectivity index (χ1) is 8.74. The average Bonchev–Trinajstić information content (AvgIpc) is 2.39. The smallest absolute Gasteiger partial charge is 0.0994 e. The minimum atomic E-state index is 0.736. The van der Waals surface area contributed by atoms with Crippen LogP contribution in [0, 0.1) is 24.2 Å². The number of rotatable bonds is 3. The van der Waals surface area contributed by atoms with Gasteiger partial charge in [-0.2, -0.15) is 5.26 Å². The highest BCUT2D eigenvalue weighted by Crippen LogP contribution is 2.24. The fraction of sp³-hybridized carbons (Fsp3) is 0.533. The summed E-state index contributed by atoms with van der Waals surface area (Å²) in [6.45, 7) is 5.35. The van der Waals surface area contributed by atoms with E-state index in [2.05, 4.69) is 28.4 Å². The predicted molar refractivity (Wildman–Crippen MR) is 74.8 cm³/mol. The number of nitriles is 1. The Hall–Kier alpha value is -1.53. The largest absolute Gasteiger partial charge is 0.371 e. The van der Waals surface area contributed by atoms with Crippen LogP contribution in [0.2, 0.25) is 0 Å². The number of hydrogen-bond donors (Lipinski definition) is 1. The maximum absolute atomic E-state index is 8.96. The quantitative estimate of drug-likeness (QED) is 0.885. The topological polar surface area (TPSA) is 39.1 Å². The van der Waals surface area contributed by atoms with Crippen molar-refractivity contribution in [3.05, 3.63) is 29.3 Å². The fourth-order valence-electron chi connectivity index (χ4n) is 2.72. The normalized spacial score (nSPS) is 19.6. The number of aryl methyl sites for hydroxylation is 1. The Labute approximate surface area is 109 Å². The van der Waals surface area contributed by atoms with Gasteiger partial charge in [0.2, 0.25) is 0 Å². The Bertz CT molecular complexity index is 446. The standard InChI is InChI=1S/C15H21N3/c1-12-8-15(6-5-14(12)9-16)18-7-3-4-13(11-18)10-17-2/h5-6,8,13,17H,3-4,7,10-11H2,1-2H3. The molecule has 3 heteroatoms. The molecule has 1 aliphatic heterocycles. The van der Waals surface area contributed by atoms with Gasteiger partial charge in [0, 0.05) is 18.8 Å². The lowest BCUT2D eigenvalue weighted by atomic mass is 9.97. The van der Waals surface area contributed by atoms with Crippen molar-refractivity contribution in [2.24, 2.45) is 5.92 Å². The molecular weight excluding hydrogens is 222 g/mol. The number of nitrogens with one attached hydrogen (secondary N) is 1. The van der Waals surface area contributed by atoms with E-state index < -0.39 is 0 Å². The van der Waals surface area contributed by atoms with Gasteiger partial charge < -0.3 is 10.2 Å². The first-order valence-electron chi connectivity index (χ1n) is 6.65. The third kappa shape index (κ3) is 2.83. The van der Waals surface area contributed by atoms with Crippen molar-refractivity contribution in [3.8, 4) is 6.07 Å². The van der Waals surface area contributed by atoms with Crippen LogP contribution in [0.5, 0.6) is 0 Å².